The predicted molar refractivity (Wildman–Crippen MR) is 49.9 cm³/mol. The fourth-order valence-corrected chi connectivity index (χ4v) is 0.362. The molecule has 0 atom stereocenters. The molecule has 5 heteroatoms. The van der Waals surface area contributed by atoms with Crippen molar-refractivity contribution in [3.8, 4) is 0 Å². The Bertz CT molecular complexity index is 47.4. The molecular formula is C5H12AlCl3O. The highest BCUT2D eigenvalue weighted by Gasteiger charge is 2.00. The van der Waals surface area contributed by atoms with Crippen LogP contribution in [0.4, 0.5) is 0 Å². The second-order valence-electron chi connectivity index (χ2n) is 1.68. The van der Waals surface area contributed by atoms with Gasteiger partial charge in [-0.05, 0) is 6.42 Å². The van der Waals surface area contributed by atoms with E-state index in [-0.39, 0.29) is 0 Å². The molecule has 1 nitrogen and oxygen atoms in total. The van der Waals surface area contributed by atoms with Gasteiger partial charge in [-0.1, -0.05) is 19.8 Å². The first-order valence-electron chi connectivity index (χ1n) is 3.18. The summed E-state index contributed by atoms with van der Waals surface area (Å²) in [5.74, 6) is 0. The quantitative estimate of drug-likeness (QED) is 0.574. The lowest BCUT2D eigenvalue weighted by Crippen LogP contribution is -1.78. The Kier molecular flexibility index (Phi) is 18.1. The van der Waals surface area contributed by atoms with Crippen molar-refractivity contribution in [1.82, 2.24) is 0 Å². The molecule has 0 radical (unpaired) electrons. The highest BCUT2D eigenvalue weighted by Crippen LogP contribution is 1.97. The van der Waals surface area contributed by atoms with Crippen LogP contribution < -0.4 is 0 Å². The summed E-state index contributed by atoms with van der Waals surface area (Å²) in [6, 6.07) is 0. The molecule has 0 bridgehead atoms. The number of unbranched alkanes of at least 4 members (excludes halogenated alkanes) is 2. The molecule has 0 aliphatic heterocycles. The molecule has 0 amide bonds. The van der Waals surface area contributed by atoms with Gasteiger partial charge in [-0.25, -0.2) is 30.1 Å². The summed E-state index contributed by atoms with van der Waals surface area (Å²) in [5, 5.41) is 8.20. The fraction of sp³-hybridized carbons (Fsp3) is 1.00. The van der Waals surface area contributed by atoms with Gasteiger partial charge in [0.2, 0.25) is 0 Å². The highest BCUT2D eigenvalue weighted by molar-refractivity contribution is 7.54. The molecule has 0 rings (SSSR count). The summed E-state index contributed by atoms with van der Waals surface area (Å²) in [5.41, 5.74) is 0. The minimum Gasteiger partial charge on any atom is -0.396 e. The smallest absolute Gasteiger partial charge is 0.396 e. The monoisotopic (exact) mass is 220 g/mol. The van der Waals surface area contributed by atoms with Crippen LogP contribution in [0.2, 0.25) is 0 Å². The van der Waals surface area contributed by atoms with Gasteiger partial charge in [0, 0.05) is 6.61 Å². The van der Waals surface area contributed by atoms with Crippen LogP contribution in [0.25, 0.3) is 0 Å². The third-order valence-corrected chi connectivity index (χ3v) is 0.762. The second kappa shape index (κ2) is 13.0. The van der Waals surface area contributed by atoms with Crippen molar-refractivity contribution >= 4 is 41.5 Å². The lowest BCUT2D eigenvalue weighted by atomic mass is 10.3. The van der Waals surface area contributed by atoms with Crippen molar-refractivity contribution in [1.29, 1.82) is 0 Å². The Balaban J connectivity index is 0. The van der Waals surface area contributed by atoms with E-state index < -0.39 is 11.4 Å². The minimum absolute atomic E-state index is 0.355. The van der Waals surface area contributed by atoms with Gasteiger partial charge in [-0.3, -0.25) is 0 Å². The first-order valence-corrected chi connectivity index (χ1v) is 8.42. The predicted octanol–water partition coefficient (Wildman–Crippen LogP) is 2.86. The summed E-state index contributed by atoms with van der Waals surface area (Å²) >= 11 is -1.72. The van der Waals surface area contributed by atoms with Crippen LogP contribution in [0.1, 0.15) is 26.2 Å². The molecular weight excluding hydrogens is 209 g/mol. The van der Waals surface area contributed by atoms with E-state index in [1.165, 1.54) is 6.42 Å². The van der Waals surface area contributed by atoms with E-state index >= 15 is 0 Å². The fourth-order valence-electron chi connectivity index (χ4n) is 0.362. The van der Waals surface area contributed by atoms with Gasteiger partial charge in [0.15, 0.2) is 0 Å². The molecule has 1 N–H and O–H groups in total. The maximum atomic E-state index is 8.20. The van der Waals surface area contributed by atoms with Gasteiger partial charge in [0.25, 0.3) is 0 Å². The molecule has 0 unspecified atom stereocenters. The first kappa shape index (κ1) is 13.9. The van der Waals surface area contributed by atoms with Crippen molar-refractivity contribution in [2.45, 2.75) is 26.2 Å². The van der Waals surface area contributed by atoms with Crippen molar-refractivity contribution in [3.63, 3.8) is 0 Å². The first-order chi connectivity index (χ1) is 4.65. The maximum absolute atomic E-state index is 8.20. The Labute approximate surface area is 79.3 Å². The summed E-state index contributed by atoms with van der Waals surface area (Å²) in [6.45, 7) is 2.48. The molecule has 0 saturated heterocycles. The molecule has 0 saturated carbocycles. The average Bonchev–Trinajstić information content (AvgIpc) is 1.82. The lowest BCUT2D eigenvalue weighted by molar-refractivity contribution is 0.284. The average molecular weight is 221 g/mol. The van der Waals surface area contributed by atoms with Crippen molar-refractivity contribution in [2.75, 3.05) is 6.61 Å². The molecule has 0 aromatic carbocycles. The number of hydrogen-bond donors (Lipinski definition) is 1. The van der Waals surface area contributed by atoms with Gasteiger partial charge in [0.1, 0.15) is 0 Å². The van der Waals surface area contributed by atoms with E-state index in [0.29, 0.717) is 6.61 Å². The summed E-state index contributed by atoms with van der Waals surface area (Å²) in [4.78, 5) is 0. The molecule has 0 aromatic heterocycles. The van der Waals surface area contributed by atoms with Crippen LogP contribution in [-0.2, 0) is 0 Å². The Hall–Kier alpha value is 1.36. The standard InChI is InChI=1S/C5H12O.Al.3ClH/c1-2-3-4-5-6;;;;/h6H,2-5H2,1H3;;3*1H/q;+3;;;/p-3. The van der Waals surface area contributed by atoms with Crippen LogP contribution in [0.3, 0.4) is 0 Å². The van der Waals surface area contributed by atoms with Gasteiger partial charge < -0.3 is 5.11 Å². The van der Waals surface area contributed by atoms with Crippen LogP contribution in [0.5, 0.6) is 0 Å². The van der Waals surface area contributed by atoms with E-state index in [4.69, 9.17) is 35.3 Å². The molecule has 0 fully saturated rings. The summed E-state index contributed by atoms with van der Waals surface area (Å²) in [6.07, 6.45) is 3.33. The molecule has 10 heavy (non-hydrogen) atoms. The number of aliphatic hydroxyl groups excluding tert-OH is 1. The third-order valence-electron chi connectivity index (χ3n) is 0.762. The Morgan fingerprint density at radius 1 is 1.20 bits per heavy atom. The second-order valence-corrected chi connectivity index (χ2v) is 8.11. The molecule has 0 aromatic rings. The van der Waals surface area contributed by atoms with Crippen molar-refractivity contribution < 1.29 is 5.11 Å². The normalized spacial score (nSPS) is 8.10. The molecule has 0 aliphatic rings. The van der Waals surface area contributed by atoms with E-state index in [9.17, 15) is 0 Å². The lowest BCUT2D eigenvalue weighted by Gasteiger charge is -1.85. The summed E-state index contributed by atoms with van der Waals surface area (Å²) < 4.78 is 0. The zero-order valence-electron chi connectivity index (χ0n) is 5.99. The molecule has 62 valence electrons. The van der Waals surface area contributed by atoms with Crippen LogP contribution in [-0.4, -0.2) is 23.1 Å². The molecule has 0 heterocycles. The largest absolute Gasteiger partial charge is 0.643 e. The van der Waals surface area contributed by atoms with E-state index in [1.807, 2.05) is 0 Å². The minimum atomic E-state index is -1.72. The van der Waals surface area contributed by atoms with Gasteiger partial charge >= 0.3 is 11.4 Å². The van der Waals surface area contributed by atoms with E-state index in [1.54, 1.807) is 0 Å². The van der Waals surface area contributed by atoms with E-state index in [2.05, 4.69) is 6.92 Å². The summed E-state index contributed by atoms with van der Waals surface area (Å²) in [7, 11) is 14.8. The molecule has 0 spiro atoms. The number of rotatable bonds is 3. The van der Waals surface area contributed by atoms with Gasteiger partial charge in [-0.15, -0.1) is 0 Å². The van der Waals surface area contributed by atoms with Gasteiger partial charge in [0.05, 0.1) is 0 Å². The zero-order chi connectivity index (χ0) is 8.41. The van der Waals surface area contributed by atoms with Crippen molar-refractivity contribution in [2.24, 2.45) is 0 Å². The topological polar surface area (TPSA) is 20.2 Å². The Morgan fingerprint density at radius 2 is 1.60 bits per heavy atom. The van der Waals surface area contributed by atoms with Crippen LogP contribution in [0, 0.1) is 0 Å². The highest BCUT2D eigenvalue weighted by atomic mass is 35.8. The van der Waals surface area contributed by atoms with Gasteiger partial charge in [-0.2, -0.15) is 0 Å². The number of hydrogen-bond acceptors (Lipinski definition) is 1. The van der Waals surface area contributed by atoms with Crippen molar-refractivity contribution in [3.05, 3.63) is 0 Å². The SMILES string of the molecule is CCCCCO.[Cl][Al]([Cl])[Cl]. The third kappa shape index (κ3) is 34.4. The van der Waals surface area contributed by atoms with Crippen LogP contribution in [0.15, 0.2) is 0 Å². The maximum Gasteiger partial charge on any atom is 0.643 e. The number of halogens is 3. The zero-order valence-corrected chi connectivity index (χ0v) is 9.41. The Morgan fingerprint density at radius 3 is 1.70 bits per heavy atom. The van der Waals surface area contributed by atoms with E-state index in [0.717, 1.165) is 12.8 Å². The number of aliphatic hydroxyl groups is 1. The molecule has 0 aliphatic carbocycles. The van der Waals surface area contributed by atoms with Crippen LogP contribution >= 0.6 is 30.1 Å².